The maximum atomic E-state index is 9.91. The number of aliphatic hydroxyl groups excluding tert-OH is 1. The van der Waals surface area contributed by atoms with Gasteiger partial charge < -0.3 is 5.11 Å². The lowest BCUT2D eigenvalue weighted by molar-refractivity contribution is -0.00480. The third-order valence-electron chi connectivity index (χ3n) is 5.12. The summed E-state index contributed by atoms with van der Waals surface area (Å²) in [5, 5.41) is 9.91. The van der Waals surface area contributed by atoms with Gasteiger partial charge in [0.1, 0.15) is 0 Å². The van der Waals surface area contributed by atoms with Crippen LogP contribution in [0.25, 0.3) is 0 Å². The summed E-state index contributed by atoms with van der Waals surface area (Å²) in [6.07, 6.45) is 3.70. The molecule has 0 bridgehead atoms. The summed E-state index contributed by atoms with van der Waals surface area (Å²) in [6.45, 7) is 17.4. The van der Waals surface area contributed by atoms with Gasteiger partial charge in [0.15, 0.2) is 0 Å². The van der Waals surface area contributed by atoms with Crippen LogP contribution in [0, 0.1) is 22.7 Å². The van der Waals surface area contributed by atoms with Crippen molar-refractivity contribution in [1.29, 1.82) is 0 Å². The fraction of sp³-hybridized carbons (Fsp3) is 1.00. The van der Waals surface area contributed by atoms with E-state index in [0.29, 0.717) is 5.41 Å². The van der Waals surface area contributed by atoms with Gasteiger partial charge in [0.05, 0.1) is 6.10 Å². The van der Waals surface area contributed by atoms with E-state index >= 15 is 0 Å². The van der Waals surface area contributed by atoms with E-state index in [-0.39, 0.29) is 11.5 Å². The molecule has 2 unspecified atom stereocenters. The molecule has 1 saturated carbocycles. The number of hydrogen-bond donors (Lipinski definition) is 1. The predicted molar refractivity (Wildman–Crippen MR) is 77.1 cm³/mol. The van der Waals surface area contributed by atoms with Crippen molar-refractivity contribution in [3.8, 4) is 0 Å². The minimum atomic E-state index is -0.195. The molecule has 0 aromatic carbocycles. The molecule has 0 radical (unpaired) electrons. The van der Waals surface area contributed by atoms with Gasteiger partial charge in [-0.15, -0.1) is 0 Å². The van der Waals surface area contributed by atoms with E-state index < -0.39 is 0 Å². The molecule has 1 aliphatic rings. The summed E-state index contributed by atoms with van der Waals surface area (Å²) in [5.74, 6) is 1.53. The SMILES string of the molecule is CC.CC(C)C(C)CC1(C(C)(C)C(C)O)CC1. The first-order chi connectivity index (χ1) is 7.73. The zero-order valence-electron chi connectivity index (χ0n) is 13.3. The fourth-order valence-electron chi connectivity index (χ4n) is 2.56. The minimum Gasteiger partial charge on any atom is -0.393 e. The van der Waals surface area contributed by atoms with Crippen LogP contribution in [0.2, 0.25) is 0 Å². The number of rotatable bonds is 5. The summed E-state index contributed by atoms with van der Waals surface area (Å²) in [6, 6.07) is 0. The monoisotopic (exact) mass is 242 g/mol. The van der Waals surface area contributed by atoms with Gasteiger partial charge in [0.25, 0.3) is 0 Å². The highest BCUT2D eigenvalue weighted by Gasteiger charge is 2.56. The van der Waals surface area contributed by atoms with Crippen molar-refractivity contribution in [1.82, 2.24) is 0 Å². The molecule has 1 fully saturated rings. The standard InChI is InChI=1S/C14H28O.C2H6/c1-10(2)11(3)9-14(7-8-14)13(5,6)12(4)15;1-2/h10-12,15H,7-9H2,1-6H3;1-2H3. The summed E-state index contributed by atoms with van der Waals surface area (Å²) < 4.78 is 0. The lowest BCUT2D eigenvalue weighted by atomic mass is 9.67. The van der Waals surface area contributed by atoms with Crippen molar-refractivity contribution in [2.75, 3.05) is 0 Å². The Morgan fingerprint density at radius 2 is 1.47 bits per heavy atom. The average molecular weight is 242 g/mol. The summed E-state index contributed by atoms with van der Waals surface area (Å²) in [7, 11) is 0. The molecule has 104 valence electrons. The van der Waals surface area contributed by atoms with Gasteiger partial charge in [-0.3, -0.25) is 0 Å². The highest BCUT2D eigenvalue weighted by atomic mass is 16.3. The van der Waals surface area contributed by atoms with Crippen LogP contribution in [0.15, 0.2) is 0 Å². The predicted octanol–water partition coefficient (Wildman–Crippen LogP) is 4.88. The van der Waals surface area contributed by atoms with Crippen LogP contribution in [0.3, 0.4) is 0 Å². The molecular weight excluding hydrogens is 208 g/mol. The maximum Gasteiger partial charge on any atom is 0.0568 e. The van der Waals surface area contributed by atoms with Gasteiger partial charge >= 0.3 is 0 Å². The Morgan fingerprint density at radius 1 is 1.06 bits per heavy atom. The Hall–Kier alpha value is -0.0400. The van der Waals surface area contributed by atoms with Crippen LogP contribution < -0.4 is 0 Å². The maximum absolute atomic E-state index is 9.91. The van der Waals surface area contributed by atoms with Crippen molar-refractivity contribution in [2.24, 2.45) is 22.7 Å². The molecular formula is C16H34O. The zero-order chi connectivity index (χ0) is 13.9. The van der Waals surface area contributed by atoms with E-state index in [2.05, 4.69) is 34.6 Å². The van der Waals surface area contributed by atoms with Gasteiger partial charge in [0, 0.05) is 0 Å². The molecule has 1 N–H and O–H groups in total. The second-order valence-corrected chi connectivity index (χ2v) is 6.60. The Labute approximate surface area is 109 Å². The van der Waals surface area contributed by atoms with Crippen molar-refractivity contribution < 1.29 is 5.11 Å². The van der Waals surface area contributed by atoms with Gasteiger partial charge in [0.2, 0.25) is 0 Å². The van der Waals surface area contributed by atoms with Crippen LogP contribution >= 0.6 is 0 Å². The second kappa shape index (κ2) is 6.22. The van der Waals surface area contributed by atoms with E-state index in [9.17, 15) is 5.11 Å². The molecule has 0 amide bonds. The first kappa shape index (κ1) is 17.0. The van der Waals surface area contributed by atoms with Crippen molar-refractivity contribution >= 4 is 0 Å². The molecule has 0 aliphatic heterocycles. The molecule has 0 aromatic rings. The lowest BCUT2D eigenvalue weighted by Crippen LogP contribution is -2.37. The van der Waals surface area contributed by atoms with E-state index in [1.165, 1.54) is 19.3 Å². The molecule has 0 spiro atoms. The van der Waals surface area contributed by atoms with Gasteiger partial charge in [-0.25, -0.2) is 0 Å². The van der Waals surface area contributed by atoms with Crippen LogP contribution in [0.5, 0.6) is 0 Å². The summed E-state index contributed by atoms with van der Waals surface area (Å²) >= 11 is 0. The third-order valence-corrected chi connectivity index (χ3v) is 5.12. The number of hydrogen-bond acceptors (Lipinski definition) is 1. The van der Waals surface area contributed by atoms with Gasteiger partial charge in [-0.1, -0.05) is 48.5 Å². The first-order valence-corrected chi connectivity index (χ1v) is 7.41. The molecule has 1 rings (SSSR count). The molecule has 1 heteroatoms. The third kappa shape index (κ3) is 3.71. The second-order valence-electron chi connectivity index (χ2n) is 6.60. The molecule has 2 atom stereocenters. The van der Waals surface area contributed by atoms with E-state index in [0.717, 1.165) is 11.8 Å². The van der Waals surface area contributed by atoms with Crippen LogP contribution in [0.4, 0.5) is 0 Å². The highest BCUT2D eigenvalue weighted by Crippen LogP contribution is 2.63. The van der Waals surface area contributed by atoms with E-state index in [4.69, 9.17) is 0 Å². The molecule has 1 nitrogen and oxygen atoms in total. The van der Waals surface area contributed by atoms with Crippen LogP contribution in [-0.2, 0) is 0 Å². The lowest BCUT2D eigenvalue weighted by Gasteiger charge is -2.39. The van der Waals surface area contributed by atoms with E-state index in [1.807, 2.05) is 20.8 Å². The Morgan fingerprint density at radius 3 is 1.71 bits per heavy atom. The molecule has 0 heterocycles. The van der Waals surface area contributed by atoms with Crippen molar-refractivity contribution in [3.05, 3.63) is 0 Å². The van der Waals surface area contributed by atoms with Gasteiger partial charge in [-0.05, 0) is 48.9 Å². The Balaban J connectivity index is 0.00000121. The Kier molecular flexibility index (Phi) is 6.21. The first-order valence-electron chi connectivity index (χ1n) is 7.41. The molecule has 0 aromatic heterocycles. The summed E-state index contributed by atoms with van der Waals surface area (Å²) in [5.41, 5.74) is 0.501. The van der Waals surface area contributed by atoms with Crippen LogP contribution in [-0.4, -0.2) is 11.2 Å². The van der Waals surface area contributed by atoms with Crippen molar-refractivity contribution in [2.45, 2.75) is 80.8 Å². The molecule has 1 aliphatic carbocycles. The normalized spacial score (nSPS) is 21.5. The van der Waals surface area contributed by atoms with Crippen LogP contribution in [0.1, 0.15) is 74.7 Å². The minimum absolute atomic E-state index is 0.0795. The number of aliphatic hydroxyl groups is 1. The zero-order valence-corrected chi connectivity index (χ0v) is 13.3. The van der Waals surface area contributed by atoms with Gasteiger partial charge in [-0.2, -0.15) is 0 Å². The Bertz CT molecular complexity index is 212. The molecule has 17 heavy (non-hydrogen) atoms. The quantitative estimate of drug-likeness (QED) is 0.728. The largest absolute Gasteiger partial charge is 0.393 e. The van der Waals surface area contributed by atoms with Crippen molar-refractivity contribution in [3.63, 3.8) is 0 Å². The average Bonchev–Trinajstić information content (AvgIpc) is 3.01. The summed E-state index contributed by atoms with van der Waals surface area (Å²) in [4.78, 5) is 0. The fourth-order valence-corrected chi connectivity index (χ4v) is 2.56. The topological polar surface area (TPSA) is 20.2 Å². The molecule has 0 saturated heterocycles. The smallest absolute Gasteiger partial charge is 0.0568 e. The highest BCUT2D eigenvalue weighted by molar-refractivity contribution is 5.05. The van der Waals surface area contributed by atoms with E-state index in [1.54, 1.807) is 0 Å².